The van der Waals surface area contributed by atoms with Gasteiger partial charge in [0.1, 0.15) is 0 Å². The topological polar surface area (TPSA) is 92.4 Å². The van der Waals surface area contributed by atoms with Crippen molar-refractivity contribution in [2.24, 2.45) is 11.1 Å². The summed E-state index contributed by atoms with van der Waals surface area (Å²) in [6.07, 6.45) is 2.26. The van der Waals surface area contributed by atoms with Crippen LogP contribution in [0.25, 0.3) is 0 Å². The average Bonchev–Trinajstić information content (AvgIpc) is 2.40. The lowest BCUT2D eigenvalue weighted by atomic mass is 9.87. The zero-order valence-electron chi connectivity index (χ0n) is 12.8. The predicted octanol–water partition coefficient (Wildman–Crippen LogP) is 2.41. The van der Waals surface area contributed by atoms with E-state index >= 15 is 0 Å². The van der Waals surface area contributed by atoms with Crippen LogP contribution in [-0.2, 0) is 16.0 Å². The molecule has 0 saturated carbocycles. The number of hydrogen-bond acceptors (Lipinski definition) is 3. The number of nitrogens with two attached hydrogens (primary N) is 1. The third kappa shape index (κ3) is 5.55. The molecule has 1 aromatic rings. The van der Waals surface area contributed by atoms with Crippen LogP contribution < -0.4 is 11.1 Å². The zero-order valence-corrected chi connectivity index (χ0v) is 12.8. The predicted molar refractivity (Wildman–Crippen MR) is 83.1 cm³/mol. The highest BCUT2D eigenvalue weighted by atomic mass is 16.4. The maximum Gasteiger partial charge on any atom is 0.309 e. The monoisotopic (exact) mass is 292 g/mol. The van der Waals surface area contributed by atoms with E-state index < -0.39 is 17.4 Å². The number of benzene rings is 1. The van der Waals surface area contributed by atoms with E-state index in [-0.39, 0.29) is 5.91 Å². The number of carbonyl (C=O) groups is 2. The second-order valence-corrected chi connectivity index (χ2v) is 6.02. The highest BCUT2D eigenvalue weighted by molar-refractivity contribution is 5.94. The van der Waals surface area contributed by atoms with Crippen LogP contribution in [0.15, 0.2) is 24.3 Å². The Morgan fingerprint density at radius 1 is 1.29 bits per heavy atom. The van der Waals surface area contributed by atoms with Crippen molar-refractivity contribution in [1.29, 1.82) is 0 Å². The van der Waals surface area contributed by atoms with Gasteiger partial charge in [0.05, 0.1) is 11.5 Å². The normalized spacial score (nSPS) is 12.8. The van der Waals surface area contributed by atoms with Gasteiger partial charge in [0.2, 0.25) is 5.91 Å². The second kappa shape index (κ2) is 7.22. The van der Waals surface area contributed by atoms with Crippen LogP contribution in [-0.4, -0.2) is 23.0 Å². The van der Waals surface area contributed by atoms with Gasteiger partial charge in [-0.05, 0) is 57.7 Å². The summed E-state index contributed by atoms with van der Waals surface area (Å²) in [5.41, 5.74) is 6.63. The molecule has 0 aromatic heterocycles. The standard InChI is InChI=1S/C16H24N2O3/c1-11(17)14(19)18-13-8-6-12(7-9-13)5-4-10-16(2,3)15(20)21/h6-9,11H,4-5,10,17H2,1-3H3,(H,18,19)(H,20,21)/t11-/m0/s1. The molecule has 1 rings (SSSR count). The van der Waals surface area contributed by atoms with E-state index in [4.69, 9.17) is 10.8 Å². The van der Waals surface area contributed by atoms with E-state index in [2.05, 4.69) is 5.32 Å². The number of rotatable bonds is 7. The minimum atomic E-state index is -0.767. The van der Waals surface area contributed by atoms with Gasteiger partial charge in [-0.2, -0.15) is 0 Å². The Morgan fingerprint density at radius 2 is 1.86 bits per heavy atom. The van der Waals surface area contributed by atoms with Crippen LogP contribution in [0.3, 0.4) is 0 Å². The minimum Gasteiger partial charge on any atom is -0.481 e. The van der Waals surface area contributed by atoms with Crippen molar-refractivity contribution in [2.75, 3.05) is 5.32 Å². The highest BCUT2D eigenvalue weighted by Crippen LogP contribution is 2.23. The molecule has 0 aliphatic heterocycles. The van der Waals surface area contributed by atoms with Crippen molar-refractivity contribution < 1.29 is 14.7 Å². The summed E-state index contributed by atoms with van der Waals surface area (Å²) in [5.74, 6) is -0.984. The third-order valence-electron chi connectivity index (χ3n) is 3.48. The van der Waals surface area contributed by atoms with E-state index in [0.29, 0.717) is 12.1 Å². The molecule has 0 fully saturated rings. The number of carboxylic acid groups (broad SMARTS) is 1. The van der Waals surface area contributed by atoms with Crippen LogP contribution in [0.1, 0.15) is 39.2 Å². The first-order valence-corrected chi connectivity index (χ1v) is 7.11. The fourth-order valence-electron chi connectivity index (χ4n) is 1.85. The van der Waals surface area contributed by atoms with Crippen molar-refractivity contribution in [3.05, 3.63) is 29.8 Å². The molecular formula is C16H24N2O3. The van der Waals surface area contributed by atoms with E-state index in [1.807, 2.05) is 24.3 Å². The van der Waals surface area contributed by atoms with Gasteiger partial charge in [-0.15, -0.1) is 0 Å². The number of aryl methyl sites for hydroxylation is 1. The van der Waals surface area contributed by atoms with Crippen molar-refractivity contribution in [3.63, 3.8) is 0 Å². The van der Waals surface area contributed by atoms with Gasteiger partial charge in [-0.3, -0.25) is 9.59 Å². The van der Waals surface area contributed by atoms with Crippen molar-refractivity contribution >= 4 is 17.6 Å². The molecule has 0 radical (unpaired) electrons. The summed E-state index contributed by atoms with van der Waals surface area (Å²) in [6, 6.07) is 6.99. The molecule has 0 heterocycles. The van der Waals surface area contributed by atoms with Crippen molar-refractivity contribution in [3.8, 4) is 0 Å². The Kier molecular flexibility index (Phi) is 5.90. The number of nitrogens with one attached hydrogen (secondary N) is 1. The van der Waals surface area contributed by atoms with Gasteiger partial charge >= 0.3 is 5.97 Å². The largest absolute Gasteiger partial charge is 0.481 e. The molecule has 1 atom stereocenters. The Labute approximate surface area is 125 Å². The van der Waals surface area contributed by atoms with E-state index in [0.717, 1.165) is 18.4 Å². The molecule has 116 valence electrons. The Morgan fingerprint density at radius 3 is 2.33 bits per heavy atom. The zero-order chi connectivity index (χ0) is 16.0. The lowest BCUT2D eigenvalue weighted by Crippen LogP contribution is -2.32. The Bertz CT molecular complexity index is 493. The maximum atomic E-state index is 11.5. The summed E-state index contributed by atoms with van der Waals surface area (Å²) in [5, 5.41) is 11.8. The van der Waals surface area contributed by atoms with Crippen LogP contribution in [0, 0.1) is 5.41 Å². The fraction of sp³-hybridized carbons (Fsp3) is 0.500. The molecule has 4 N–H and O–H groups in total. The Hall–Kier alpha value is -1.88. The van der Waals surface area contributed by atoms with Gasteiger partial charge in [-0.1, -0.05) is 12.1 Å². The van der Waals surface area contributed by atoms with Gasteiger partial charge in [-0.25, -0.2) is 0 Å². The molecule has 0 bridgehead atoms. The van der Waals surface area contributed by atoms with Gasteiger partial charge in [0.25, 0.3) is 0 Å². The first-order valence-electron chi connectivity index (χ1n) is 7.11. The molecule has 5 nitrogen and oxygen atoms in total. The third-order valence-corrected chi connectivity index (χ3v) is 3.48. The Balaban J connectivity index is 2.48. The lowest BCUT2D eigenvalue weighted by Gasteiger charge is -2.18. The number of amides is 1. The molecule has 5 heteroatoms. The first-order chi connectivity index (χ1) is 9.72. The number of carboxylic acids is 1. The van der Waals surface area contributed by atoms with E-state index in [1.165, 1.54) is 0 Å². The number of anilines is 1. The van der Waals surface area contributed by atoms with Crippen LogP contribution in [0.2, 0.25) is 0 Å². The summed E-state index contributed by atoms with van der Waals surface area (Å²) < 4.78 is 0. The van der Waals surface area contributed by atoms with Gasteiger partial charge < -0.3 is 16.2 Å². The molecule has 0 aliphatic carbocycles. The van der Waals surface area contributed by atoms with E-state index in [9.17, 15) is 9.59 Å². The number of hydrogen-bond donors (Lipinski definition) is 3. The average molecular weight is 292 g/mol. The number of aliphatic carboxylic acids is 1. The summed E-state index contributed by atoms with van der Waals surface area (Å²) >= 11 is 0. The summed E-state index contributed by atoms with van der Waals surface area (Å²) in [7, 11) is 0. The molecule has 0 spiro atoms. The molecule has 0 unspecified atom stereocenters. The van der Waals surface area contributed by atoms with Crippen molar-refractivity contribution in [2.45, 2.75) is 46.1 Å². The van der Waals surface area contributed by atoms with Crippen molar-refractivity contribution in [1.82, 2.24) is 0 Å². The van der Waals surface area contributed by atoms with Crippen LogP contribution >= 0.6 is 0 Å². The van der Waals surface area contributed by atoms with E-state index in [1.54, 1.807) is 20.8 Å². The van der Waals surface area contributed by atoms with Gasteiger partial charge in [0.15, 0.2) is 0 Å². The molecule has 0 aliphatic rings. The molecule has 1 aromatic carbocycles. The molecular weight excluding hydrogens is 268 g/mol. The summed E-state index contributed by atoms with van der Waals surface area (Å²) in [6.45, 7) is 5.11. The minimum absolute atomic E-state index is 0.217. The SMILES string of the molecule is C[C@H](N)C(=O)Nc1ccc(CCCC(C)(C)C(=O)O)cc1. The number of carbonyl (C=O) groups excluding carboxylic acids is 1. The molecule has 1 amide bonds. The lowest BCUT2D eigenvalue weighted by molar-refractivity contribution is -0.147. The highest BCUT2D eigenvalue weighted by Gasteiger charge is 2.26. The molecule has 0 saturated heterocycles. The van der Waals surface area contributed by atoms with Crippen LogP contribution in [0.4, 0.5) is 5.69 Å². The van der Waals surface area contributed by atoms with Crippen LogP contribution in [0.5, 0.6) is 0 Å². The first kappa shape index (κ1) is 17.2. The maximum absolute atomic E-state index is 11.5. The van der Waals surface area contributed by atoms with Gasteiger partial charge in [0, 0.05) is 5.69 Å². The smallest absolute Gasteiger partial charge is 0.309 e. The quantitative estimate of drug-likeness (QED) is 0.719. The fourth-order valence-corrected chi connectivity index (χ4v) is 1.85. The summed E-state index contributed by atoms with van der Waals surface area (Å²) in [4.78, 5) is 22.5. The second-order valence-electron chi connectivity index (χ2n) is 6.02. The molecule has 21 heavy (non-hydrogen) atoms.